The molecule has 0 aromatic carbocycles. The van der Waals surface area contributed by atoms with Crippen LogP contribution in [-0.4, -0.2) is 109 Å². The lowest BCUT2D eigenvalue weighted by atomic mass is 9.98. The van der Waals surface area contributed by atoms with Gasteiger partial charge < -0.3 is 19.7 Å². The van der Waals surface area contributed by atoms with Crippen molar-refractivity contribution in [3.63, 3.8) is 0 Å². The van der Waals surface area contributed by atoms with Crippen molar-refractivity contribution in [3.05, 3.63) is 12.4 Å². The average Bonchev–Trinajstić information content (AvgIpc) is 3.62. The Hall–Kier alpha value is -2.84. The van der Waals surface area contributed by atoms with E-state index >= 15 is 0 Å². The molecule has 14 heteroatoms. The van der Waals surface area contributed by atoms with Crippen molar-refractivity contribution in [2.75, 3.05) is 63.1 Å². The number of amides is 2. The molecule has 13 nitrogen and oxygen atoms in total. The molecule has 3 heterocycles. The monoisotopic (exact) mass is 552 g/mol. The fourth-order valence-corrected chi connectivity index (χ4v) is 5.62. The number of Topliss-reactive ketones (excluding diaryl/α,β-unsaturated/α-hetero) is 1. The predicted octanol–water partition coefficient (Wildman–Crippen LogP) is 0.414. The SMILES string of the molecule is CC(=O)CNCCS(=O)(=O)N1CCN(c2cnc(OCC3CCN(C(=O)OC4(C)CC4)CC3)cn2)C(=O)C1. The van der Waals surface area contributed by atoms with Crippen LogP contribution in [0.2, 0.25) is 0 Å². The van der Waals surface area contributed by atoms with Gasteiger partial charge in [0.2, 0.25) is 21.8 Å². The number of carbonyl (C=O) groups is 3. The van der Waals surface area contributed by atoms with Crippen molar-refractivity contribution in [2.24, 2.45) is 5.92 Å². The fraction of sp³-hybridized carbons (Fsp3) is 0.708. The van der Waals surface area contributed by atoms with Gasteiger partial charge >= 0.3 is 6.09 Å². The van der Waals surface area contributed by atoms with Crippen LogP contribution < -0.4 is 15.0 Å². The molecule has 0 atom stereocenters. The van der Waals surface area contributed by atoms with Crippen LogP contribution in [0.1, 0.15) is 39.5 Å². The average molecular weight is 553 g/mol. The van der Waals surface area contributed by atoms with Crippen LogP contribution in [0.3, 0.4) is 0 Å². The molecule has 3 fully saturated rings. The second-order valence-electron chi connectivity index (χ2n) is 10.3. The Morgan fingerprint density at radius 1 is 1.13 bits per heavy atom. The zero-order chi connectivity index (χ0) is 27.3. The van der Waals surface area contributed by atoms with E-state index in [4.69, 9.17) is 9.47 Å². The zero-order valence-electron chi connectivity index (χ0n) is 21.9. The highest BCUT2D eigenvalue weighted by molar-refractivity contribution is 7.89. The largest absolute Gasteiger partial charge is 0.476 e. The maximum absolute atomic E-state index is 12.7. The van der Waals surface area contributed by atoms with Gasteiger partial charge in [-0.15, -0.1) is 0 Å². The summed E-state index contributed by atoms with van der Waals surface area (Å²) >= 11 is 0. The van der Waals surface area contributed by atoms with Gasteiger partial charge in [-0.1, -0.05) is 0 Å². The molecule has 1 aliphatic carbocycles. The normalized spacial score (nSPS) is 20.3. The molecule has 3 aliphatic rings. The molecular weight excluding hydrogens is 516 g/mol. The van der Waals surface area contributed by atoms with E-state index in [0.29, 0.717) is 31.4 Å². The fourth-order valence-electron chi connectivity index (χ4n) is 4.29. The zero-order valence-corrected chi connectivity index (χ0v) is 22.7. The lowest BCUT2D eigenvalue weighted by molar-refractivity contribution is -0.120. The molecule has 38 heavy (non-hydrogen) atoms. The molecule has 1 saturated carbocycles. The molecule has 2 amide bonds. The van der Waals surface area contributed by atoms with Crippen LogP contribution in [0.5, 0.6) is 5.88 Å². The molecule has 0 radical (unpaired) electrons. The van der Waals surface area contributed by atoms with Gasteiger partial charge in [-0.25, -0.2) is 23.2 Å². The van der Waals surface area contributed by atoms with Crippen molar-refractivity contribution in [3.8, 4) is 5.88 Å². The Balaban J connectivity index is 1.19. The number of hydrogen-bond donors (Lipinski definition) is 1. The van der Waals surface area contributed by atoms with Gasteiger partial charge in [0.25, 0.3) is 0 Å². The number of nitrogens with zero attached hydrogens (tertiary/aromatic N) is 5. The van der Waals surface area contributed by atoms with E-state index < -0.39 is 10.0 Å². The van der Waals surface area contributed by atoms with Crippen molar-refractivity contribution in [1.82, 2.24) is 24.5 Å². The summed E-state index contributed by atoms with van der Waals surface area (Å²) in [5.74, 6) is 0.294. The summed E-state index contributed by atoms with van der Waals surface area (Å²) in [6.07, 6.45) is 6.14. The lowest BCUT2D eigenvalue weighted by Gasteiger charge is -2.33. The predicted molar refractivity (Wildman–Crippen MR) is 137 cm³/mol. The van der Waals surface area contributed by atoms with Gasteiger partial charge in [0.15, 0.2) is 5.82 Å². The summed E-state index contributed by atoms with van der Waals surface area (Å²) in [5.41, 5.74) is -0.271. The van der Waals surface area contributed by atoms with Crippen molar-refractivity contribution >= 4 is 33.6 Å². The molecule has 1 N–H and O–H groups in total. The Morgan fingerprint density at radius 3 is 2.47 bits per heavy atom. The summed E-state index contributed by atoms with van der Waals surface area (Å²) in [6.45, 7) is 5.36. The quantitative estimate of drug-likeness (QED) is 0.382. The molecule has 0 unspecified atom stereocenters. The van der Waals surface area contributed by atoms with E-state index in [2.05, 4.69) is 15.3 Å². The van der Waals surface area contributed by atoms with Gasteiger partial charge in [0.1, 0.15) is 11.4 Å². The first kappa shape index (κ1) is 28.2. The Bertz CT molecular complexity index is 1120. The Labute approximate surface area is 222 Å². The van der Waals surface area contributed by atoms with Crippen molar-refractivity contribution in [2.45, 2.75) is 45.1 Å². The van der Waals surface area contributed by atoms with Crippen LogP contribution in [0.4, 0.5) is 10.6 Å². The van der Waals surface area contributed by atoms with Crippen LogP contribution in [0, 0.1) is 5.92 Å². The number of ether oxygens (including phenoxy) is 2. The topological polar surface area (TPSA) is 151 Å². The lowest BCUT2D eigenvalue weighted by Crippen LogP contribution is -2.53. The number of anilines is 1. The smallest absolute Gasteiger partial charge is 0.410 e. The third-order valence-electron chi connectivity index (χ3n) is 7.01. The summed E-state index contributed by atoms with van der Waals surface area (Å²) in [7, 11) is -3.63. The van der Waals surface area contributed by atoms with Gasteiger partial charge in [-0.3, -0.25) is 14.5 Å². The van der Waals surface area contributed by atoms with E-state index in [1.807, 2.05) is 6.92 Å². The molecule has 1 aromatic heterocycles. The van der Waals surface area contributed by atoms with Crippen LogP contribution in [-0.2, 0) is 24.3 Å². The van der Waals surface area contributed by atoms with Crippen LogP contribution in [0.15, 0.2) is 12.4 Å². The van der Waals surface area contributed by atoms with Crippen LogP contribution >= 0.6 is 0 Å². The molecular formula is C24H36N6O7S. The van der Waals surface area contributed by atoms with Gasteiger partial charge in [0.05, 0.1) is 37.8 Å². The molecule has 1 aromatic rings. The number of rotatable bonds is 11. The molecule has 2 saturated heterocycles. The highest BCUT2D eigenvalue weighted by atomic mass is 32.2. The van der Waals surface area contributed by atoms with Gasteiger partial charge in [0, 0.05) is 32.7 Å². The minimum absolute atomic E-state index is 0.0776. The standard InChI is InChI=1S/C24H36N6O7S/c1-18(31)13-25-7-12-38(34,35)29-10-11-30(22(32)16-29)20-14-27-21(15-26-20)36-17-19-3-8-28(9-4-19)23(33)37-24(2)5-6-24/h14-15,19,25H,3-13,16-17H2,1-2H3. The van der Waals surface area contributed by atoms with Crippen molar-refractivity contribution in [1.29, 1.82) is 0 Å². The minimum Gasteiger partial charge on any atom is -0.476 e. The second kappa shape index (κ2) is 11.9. The number of piperidine rings is 1. The first-order chi connectivity index (χ1) is 18.0. The first-order valence-corrected chi connectivity index (χ1v) is 14.6. The molecule has 4 rings (SSSR count). The number of nitrogens with one attached hydrogen (secondary N) is 1. The molecule has 2 aliphatic heterocycles. The van der Waals surface area contributed by atoms with Crippen LogP contribution in [0.25, 0.3) is 0 Å². The van der Waals surface area contributed by atoms with E-state index in [1.165, 1.54) is 24.2 Å². The van der Waals surface area contributed by atoms with Gasteiger partial charge in [-0.05, 0) is 45.4 Å². The summed E-state index contributed by atoms with van der Waals surface area (Å²) in [6, 6.07) is 0. The number of piperazine rings is 1. The summed E-state index contributed by atoms with van der Waals surface area (Å²) < 4.78 is 37.6. The van der Waals surface area contributed by atoms with E-state index in [0.717, 1.165) is 30.0 Å². The number of ketones is 1. The van der Waals surface area contributed by atoms with E-state index in [-0.39, 0.29) is 67.8 Å². The van der Waals surface area contributed by atoms with Crippen molar-refractivity contribution < 1.29 is 32.3 Å². The molecule has 0 spiro atoms. The summed E-state index contributed by atoms with van der Waals surface area (Å²) in [5, 5.41) is 2.78. The molecule has 210 valence electrons. The Morgan fingerprint density at radius 2 is 1.87 bits per heavy atom. The van der Waals surface area contributed by atoms with Gasteiger partial charge in [-0.2, -0.15) is 4.31 Å². The number of hydrogen-bond acceptors (Lipinski definition) is 10. The number of carbonyl (C=O) groups excluding carboxylic acids is 3. The summed E-state index contributed by atoms with van der Waals surface area (Å²) in [4.78, 5) is 47.6. The number of likely N-dealkylation sites (tertiary alicyclic amines) is 1. The third-order valence-corrected chi connectivity index (χ3v) is 8.83. The molecule has 0 bridgehead atoms. The van der Waals surface area contributed by atoms with E-state index in [9.17, 15) is 22.8 Å². The minimum atomic E-state index is -3.63. The number of sulfonamides is 1. The number of aromatic nitrogens is 2. The maximum atomic E-state index is 12.7. The van der Waals surface area contributed by atoms with E-state index in [1.54, 1.807) is 4.90 Å². The second-order valence-corrected chi connectivity index (χ2v) is 12.4. The highest BCUT2D eigenvalue weighted by Gasteiger charge is 2.43. The third kappa shape index (κ3) is 7.60. The maximum Gasteiger partial charge on any atom is 0.410 e. The first-order valence-electron chi connectivity index (χ1n) is 13.0. The Kier molecular flexibility index (Phi) is 8.83. The highest BCUT2D eigenvalue weighted by Crippen LogP contribution is 2.39.